The normalized spacial score (nSPS) is 10.9. The van der Waals surface area contributed by atoms with Crippen molar-refractivity contribution in [2.75, 3.05) is 11.9 Å². The largest absolute Gasteiger partial charge is 0.484 e. The summed E-state index contributed by atoms with van der Waals surface area (Å²) >= 11 is 6.36. The first-order valence-corrected chi connectivity index (χ1v) is 9.94. The first-order valence-electron chi connectivity index (χ1n) is 9.56. The van der Waals surface area contributed by atoms with Gasteiger partial charge in [-0.2, -0.15) is 0 Å². The lowest BCUT2D eigenvalue weighted by molar-refractivity contribution is -0.118. The quantitative estimate of drug-likeness (QED) is 0.424. The highest BCUT2D eigenvalue weighted by Crippen LogP contribution is 2.32. The molecular formula is C24H21ClN2O3. The fourth-order valence-corrected chi connectivity index (χ4v) is 3.27. The molecule has 1 N–H and O–H groups in total. The molecule has 0 fully saturated rings. The van der Waals surface area contributed by atoms with Crippen LogP contribution in [0.3, 0.4) is 0 Å². The molecule has 4 rings (SSSR count). The molecule has 0 saturated heterocycles. The minimum Gasteiger partial charge on any atom is -0.484 e. The van der Waals surface area contributed by atoms with E-state index < -0.39 is 0 Å². The summed E-state index contributed by atoms with van der Waals surface area (Å²) < 4.78 is 11.4. The summed E-state index contributed by atoms with van der Waals surface area (Å²) in [5.74, 6) is 0.796. The van der Waals surface area contributed by atoms with Gasteiger partial charge in [-0.25, -0.2) is 4.98 Å². The van der Waals surface area contributed by atoms with Crippen molar-refractivity contribution in [3.63, 3.8) is 0 Å². The molecule has 0 radical (unpaired) electrons. The van der Waals surface area contributed by atoms with E-state index in [2.05, 4.69) is 10.3 Å². The average molecular weight is 421 g/mol. The summed E-state index contributed by atoms with van der Waals surface area (Å²) in [7, 11) is 0. The van der Waals surface area contributed by atoms with Gasteiger partial charge in [-0.15, -0.1) is 0 Å². The van der Waals surface area contributed by atoms with E-state index in [0.717, 1.165) is 16.6 Å². The highest BCUT2D eigenvalue weighted by atomic mass is 35.5. The second-order valence-electron chi connectivity index (χ2n) is 7.27. The minimum absolute atomic E-state index is 0.0946. The standard InChI is InChI=1S/C24H21ClN2O3/c1-14-4-9-22-21(10-14)27-24(30-22)19-12-17(6-8-20(19)25)26-23(28)13-29-18-7-5-15(2)16(3)11-18/h4-12H,13H2,1-3H3,(H,26,28). The van der Waals surface area contributed by atoms with E-state index in [0.29, 0.717) is 33.5 Å². The number of nitrogens with one attached hydrogen (secondary N) is 1. The van der Waals surface area contributed by atoms with Crippen molar-refractivity contribution in [1.82, 2.24) is 4.98 Å². The third-order valence-corrected chi connectivity index (χ3v) is 5.20. The lowest BCUT2D eigenvalue weighted by atomic mass is 10.1. The predicted octanol–water partition coefficient (Wildman–Crippen LogP) is 6.09. The van der Waals surface area contributed by atoms with E-state index in [1.165, 1.54) is 5.56 Å². The first kappa shape index (κ1) is 20.0. The number of nitrogens with zero attached hydrogens (tertiary/aromatic N) is 1. The van der Waals surface area contributed by atoms with E-state index in [1.807, 2.05) is 57.2 Å². The lowest BCUT2D eigenvalue weighted by Crippen LogP contribution is -2.20. The molecule has 4 aromatic rings. The molecule has 0 bridgehead atoms. The Bertz CT molecular complexity index is 1250. The molecule has 152 valence electrons. The monoisotopic (exact) mass is 420 g/mol. The van der Waals surface area contributed by atoms with E-state index in [4.69, 9.17) is 20.8 Å². The third-order valence-electron chi connectivity index (χ3n) is 4.87. The van der Waals surface area contributed by atoms with E-state index in [9.17, 15) is 4.79 Å². The van der Waals surface area contributed by atoms with Gasteiger partial charge in [0.05, 0.1) is 10.6 Å². The second kappa shape index (κ2) is 8.20. The van der Waals surface area contributed by atoms with Crippen molar-refractivity contribution in [2.24, 2.45) is 0 Å². The van der Waals surface area contributed by atoms with Gasteiger partial charge in [0.15, 0.2) is 12.2 Å². The van der Waals surface area contributed by atoms with E-state index in [1.54, 1.807) is 18.2 Å². The van der Waals surface area contributed by atoms with Crippen LogP contribution in [0.2, 0.25) is 5.02 Å². The van der Waals surface area contributed by atoms with Crippen LogP contribution in [-0.2, 0) is 4.79 Å². The van der Waals surface area contributed by atoms with Crippen molar-refractivity contribution >= 4 is 34.3 Å². The maximum Gasteiger partial charge on any atom is 0.262 e. The summed E-state index contributed by atoms with van der Waals surface area (Å²) in [4.78, 5) is 16.9. The number of carbonyl (C=O) groups is 1. The molecule has 1 amide bonds. The Morgan fingerprint density at radius 3 is 2.67 bits per heavy atom. The number of oxazole rings is 1. The van der Waals surface area contributed by atoms with Crippen molar-refractivity contribution in [3.05, 3.63) is 76.3 Å². The number of benzene rings is 3. The van der Waals surface area contributed by atoms with Crippen LogP contribution in [0.4, 0.5) is 5.69 Å². The van der Waals surface area contributed by atoms with Gasteiger partial charge in [-0.1, -0.05) is 23.7 Å². The van der Waals surface area contributed by atoms with Gasteiger partial charge in [0.25, 0.3) is 5.91 Å². The molecule has 3 aromatic carbocycles. The molecule has 0 aliphatic rings. The van der Waals surface area contributed by atoms with Gasteiger partial charge in [0.1, 0.15) is 11.3 Å². The summed E-state index contributed by atoms with van der Waals surface area (Å²) in [6.45, 7) is 5.94. The van der Waals surface area contributed by atoms with Crippen LogP contribution in [0.25, 0.3) is 22.6 Å². The zero-order valence-electron chi connectivity index (χ0n) is 17.0. The highest BCUT2D eigenvalue weighted by Gasteiger charge is 2.14. The number of carbonyl (C=O) groups excluding carboxylic acids is 1. The summed E-state index contributed by atoms with van der Waals surface area (Å²) in [5, 5.41) is 3.31. The zero-order chi connectivity index (χ0) is 21.3. The topological polar surface area (TPSA) is 64.4 Å². The van der Waals surface area contributed by atoms with Gasteiger partial charge < -0.3 is 14.5 Å². The number of halogens is 1. The molecule has 0 atom stereocenters. The van der Waals surface area contributed by atoms with Crippen LogP contribution in [0.1, 0.15) is 16.7 Å². The average Bonchev–Trinajstić information content (AvgIpc) is 3.13. The summed E-state index contributed by atoms with van der Waals surface area (Å²) in [6.07, 6.45) is 0. The highest BCUT2D eigenvalue weighted by molar-refractivity contribution is 6.33. The molecule has 0 aliphatic heterocycles. The molecule has 5 nitrogen and oxygen atoms in total. The molecule has 30 heavy (non-hydrogen) atoms. The van der Waals surface area contributed by atoms with E-state index in [-0.39, 0.29) is 12.5 Å². The Morgan fingerprint density at radius 1 is 1.03 bits per heavy atom. The number of aryl methyl sites for hydroxylation is 3. The van der Waals surface area contributed by atoms with Crippen LogP contribution in [0.5, 0.6) is 5.75 Å². The van der Waals surface area contributed by atoms with Crippen molar-refractivity contribution in [3.8, 4) is 17.2 Å². The Kier molecular flexibility index (Phi) is 5.46. The van der Waals surface area contributed by atoms with Crippen LogP contribution < -0.4 is 10.1 Å². The van der Waals surface area contributed by atoms with Gasteiger partial charge in [-0.05, 0) is 79.9 Å². The lowest BCUT2D eigenvalue weighted by Gasteiger charge is -2.10. The maximum atomic E-state index is 12.3. The van der Waals surface area contributed by atoms with Crippen molar-refractivity contribution < 1.29 is 13.9 Å². The van der Waals surface area contributed by atoms with Crippen molar-refractivity contribution in [1.29, 1.82) is 0 Å². The minimum atomic E-state index is -0.269. The fraction of sp³-hybridized carbons (Fsp3) is 0.167. The van der Waals surface area contributed by atoms with Crippen LogP contribution in [-0.4, -0.2) is 17.5 Å². The smallest absolute Gasteiger partial charge is 0.262 e. The summed E-state index contributed by atoms with van der Waals surface area (Å²) in [6, 6.07) is 16.7. The molecule has 0 unspecified atom stereocenters. The van der Waals surface area contributed by atoms with Gasteiger partial charge in [0, 0.05) is 5.69 Å². The fourth-order valence-electron chi connectivity index (χ4n) is 3.07. The predicted molar refractivity (Wildman–Crippen MR) is 119 cm³/mol. The molecular weight excluding hydrogens is 400 g/mol. The zero-order valence-corrected chi connectivity index (χ0v) is 17.7. The number of hydrogen-bond acceptors (Lipinski definition) is 4. The van der Waals surface area contributed by atoms with Crippen LogP contribution >= 0.6 is 11.6 Å². The number of amides is 1. The number of ether oxygens (including phenoxy) is 1. The number of fused-ring (bicyclic) bond motifs is 1. The molecule has 1 aromatic heterocycles. The Balaban J connectivity index is 1.49. The number of aromatic nitrogens is 1. The molecule has 0 aliphatic carbocycles. The molecule has 0 saturated carbocycles. The summed E-state index contributed by atoms with van der Waals surface area (Å²) in [5.41, 5.74) is 6.02. The maximum absolute atomic E-state index is 12.3. The molecule has 1 heterocycles. The Morgan fingerprint density at radius 2 is 1.87 bits per heavy atom. The van der Waals surface area contributed by atoms with Crippen LogP contribution in [0, 0.1) is 20.8 Å². The SMILES string of the molecule is Cc1ccc2oc(-c3cc(NC(=O)COc4ccc(C)c(C)c4)ccc3Cl)nc2c1. The third kappa shape index (κ3) is 4.31. The van der Waals surface area contributed by atoms with Crippen LogP contribution in [0.15, 0.2) is 59.0 Å². The van der Waals surface area contributed by atoms with E-state index >= 15 is 0 Å². The number of rotatable bonds is 5. The Hall–Kier alpha value is -3.31. The molecule has 0 spiro atoms. The number of hydrogen-bond donors (Lipinski definition) is 1. The van der Waals surface area contributed by atoms with Crippen molar-refractivity contribution in [2.45, 2.75) is 20.8 Å². The number of anilines is 1. The molecule has 6 heteroatoms. The first-order chi connectivity index (χ1) is 14.4. The second-order valence-corrected chi connectivity index (χ2v) is 7.67. The van der Waals surface area contributed by atoms with Gasteiger partial charge in [-0.3, -0.25) is 4.79 Å². The van der Waals surface area contributed by atoms with Gasteiger partial charge in [0.2, 0.25) is 5.89 Å². The Labute approximate surface area is 179 Å². The van der Waals surface area contributed by atoms with Gasteiger partial charge >= 0.3 is 0 Å².